The second-order valence-corrected chi connectivity index (χ2v) is 4.83. The quantitative estimate of drug-likeness (QED) is 0.786. The van der Waals surface area contributed by atoms with E-state index in [2.05, 4.69) is 20.6 Å². The van der Waals surface area contributed by atoms with Crippen molar-refractivity contribution in [3.8, 4) is 11.4 Å². The molecule has 0 saturated carbocycles. The van der Waals surface area contributed by atoms with Gasteiger partial charge in [0.25, 0.3) is 0 Å². The maximum atomic E-state index is 5.64. The van der Waals surface area contributed by atoms with Crippen LogP contribution in [0.4, 0.5) is 0 Å². The van der Waals surface area contributed by atoms with E-state index in [1.54, 1.807) is 6.20 Å². The predicted octanol–water partition coefficient (Wildman–Crippen LogP) is 2.15. The van der Waals surface area contributed by atoms with Crippen LogP contribution in [-0.4, -0.2) is 26.1 Å². The first-order chi connectivity index (χ1) is 9.79. The van der Waals surface area contributed by atoms with Crippen LogP contribution in [0.15, 0.2) is 36.8 Å². The highest BCUT2D eigenvalue weighted by molar-refractivity contribution is 5.77. The van der Waals surface area contributed by atoms with Crippen molar-refractivity contribution in [1.82, 2.24) is 19.5 Å². The van der Waals surface area contributed by atoms with Gasteiger partial charge in [0.1, 0.15) is 11.3 Å². The number of hydrogen-bond acceptors (Lipinski definition) is 4. The van der Waals surface area contributed by atoms with E-state index in [9.17, 15) is 0 Å². The molecule has 0 atom stereocenters. The average molecular weight is 267 g/mol. The highest BCUT2D eigenvalue weighted by Gasteiger charge is 2.13. The Bertz CT molecular complexity index is 718. The van der Waals surface area contributed by atoms with E-state index in [4.69, 9.17) is 10.7 Å². The van der Waals surface area contributed by atoms with Crippen molar-refractivity contribution in [2.45, 2.75) is 19.9 Å². The molecule has 3 rings (SSSR count). The number of rotatable bonds is 4. The summed E-state index contributed by atoms with van der Waals surface area (Å²) in [6, 6.07) is 5.99. The predicted molar refractivity (Wildman–Crippen MR) is 79.2 cm³/mol. The summed E-state index contributed by atoms with van der Waals surface area (Å²) in [5, 5.41) is 0. The third-order valence-electron chi connectivity index (χ3n) is 3.23. The van der Waals surface area contributed by atoms with E-state index in [0.29, 0.717) is 6.54 Å². The summed E-state index contributed by atoms with van der Waals surface area (Å²) in [5.74, 6) is 0.902. The Morgan fingerprint density at radius 1 is 1.30 bits per heavy atom. The molecule has 0 amide bonds. The molecule has 0 aliphatic carbocycles. The number of fused-ring (bicyclic) bond motifs is 1. The molecule has 0 saturated heterocycles. The van der Waals surface area contributed by atoms with Crippen molar-refractivity contribution in [3.05, 3.63) is 42.4 Å². The Balaban J connectivity index is 2.19. The zero-order valence-electron chi connectivity index (χ0n) is 11.5. The van der Waals surface area contributed by atoms with Gasteiger partial charge in [-0.05, 0) is 43.7 Å². The van der Waals surface area contributed by atoms with Gasteiger partial charge in [-0.1, -0.05) is 0 Å². The molecule has 0 aliphatic rings. The smallest absolute Gasteiger partial charge is 0.160 e. The van der Waals surface area contributed by atoms with Gasteiger partial charge in [0.2, 0.25) is 0 Å². The van der Waals surface area contributed by atoms with E-state index in [-0.39, 0.29) is 0 Å². The van der Waals surface area contributed by atoms with Crippen molar-refractivity contribution in [2.24, 2.45) is 5.73 Å². The Kier molecular flexibility index (Phi) is 3.43. The molecule has 0 bridgehead atoms. The molecule has 3 aromatic heterocycles. The summed E-state index contributed by atoms with van der Waals surface area (Å²) < 4.78 is 2.12. The lowest BCUT2D eigenvalue weighted by Gasteiger charge is -2.07. The monoisotopic (exact) mass is 267 g/mol. The molecule has 0 aromatic carbocycles. The van der Waals surface area contributed by atoms with Gasteiger partial charge in [0.05, 0.1) is 0 Å². The first-order valence-corrected chi connectivity index (χ1v) is 6.73. The number of hydrogen-bond donors (Lipinski definition) is 1. The summed E-state index contributed by atoms with van der Waals surface area (Å²) in [7, 11) is 0. The van der Waals surface area contributed by atoms with E-state index in [0.717, 1.165) is 41.1 Å². The second kappa shape index (κ2) is 5.38. The Hall–Kier alpha value is -2.27. The van der Waals surface area contributed by atoms with Gasteiger partial charge in [-0.3, -0.25) is 4.98 Å². The molecule has 0 unspecified atom stereocenters. The highest BCUT2D eigenvalue weighted by atomic mass is 15.1. The molecule has 3 heterocycles. The van der Waals surface area contributed by atoms with Crippen molar-refractivity contribution < 1.29 is 0 Å². The molecule has 3 aromatic rings. The minimum atomic E-state index is 0.651. The number of pyridine rings is 2. The normalized spacial score (nSPS) is 11.1. The van der Waals surface area contributed by atoms with Gasteiger partial charge < -0.3 is 10.3 Å². The van der Waals surface area contributed by atoms with E-state index >= 15 is 0 Å². The molecular weight excluding hydrogens is 250 g/mol. The molecule has 0 aliphatic heterocycles. The van der Waals surface area contributed by atoms with Gasteiger partial charge in [-0.25, -0.2) is 9.97 Å². The van der Waals surface area contributed by atoms with Crippen molar-refractivity contribution >= 4 is 11.2 Å². The topological polar surface area (TPSA) is 69.6 Å². The van der Waals surface area contributed by atoms with E-state index < -0.39 is 0 Å². The number of nitrogens with zero attached hydrogens (tertiary/aromatic N) is 4. The van der Waals surface area contributed by atoms with E-state index in [1.807, 2.05) is 31.5 Å². The SMILES string of the molecule is Cc1cnc2c(c1)nc(-c1cccnc1)n2CCCN. The van der Waals surface area contributed by atoms with Crippen LogP contribution in [0.3, 0.4) is 0 Å². The zero-order valence-corrected chi connectivity index (χ0v) is 11.5. The minimum Gasteiger partial charge on any atom is -0.330 e. The van der Waals surface area contributed by atoms with Crippen LogP contribution in [0.1, 0.15) is 12.0 Å². The van der Waals surface area contributed by atoms with Gasteiger partial charge in [0, 0.05) is 30.7 Å². The summed E-state index contributed by atoms with van der Waals surface area (Å²) in [5.41, 5.74) is 9.57. The van der Waals surface area contributed by atoms with Crippen LogP contribution in [0, 0.1) is 6.92 Å². The number of imidazole rings is 1. The standard InChI is InChI=1S/C15H17N5/c1-11-8-13-15(18-9-11)20(7-3-5-16)14(19-13)12-4-2-6-17-10-12/h2,4,6,8-10H,3,5,7,16H2,1H3. The molecule has 2 N–H and O–H groups in total. The maximum Gasteiger partial charge on any atom is 0.160 e. The highest BCUT2D eigenvalue weighted by Crippen LogP contribution is 2.23. The fourth-order valence-corrected chi connectivity index (χ4v) is 2.29. The summed E-state index contributed by atoms with van der Waals surface area (Å²) >= 11 is 0. The van der Waals surface area contributed by atoms with Gasteiger partial charge in [-0.15, -0.1) is 0 Å². The maximum absolute atomic E-state index is 5.64. The van der Waals surface area contributed by atoms with Crippen molar-refractivity contribution in [2.75, 3.05) is 6.54 Å². The largest absolute Gasteiger partial charge is 0.330 e. The van der Waals surface area contributed by atoms with Gasteiger partial charge in [0.15, 0.2) is 5.65 Å². The Morgan fingerprint density at radius 2 is 2.20 bits per heavy atom. The third kappa shape index (κ3) is 2.28. The molecule has 5 nitrogen and oxygen atoms in total. The third-order valence-corrected chi connectivity index (χ3v) is 3.23. The molecule has 5 heteroatoms. The first-order valence-electron chi connectivity index (χ1n) is 6.73. The van der Waals surface area contributed by atoms with Crippen LogP contribution in [0.5, 0.6) is 0 Å². The first kappa shape index (κ1) is 12.7. The summed E-state index contributed by atoms with van der Waals surface area (Å²) in [4.78, 5) is 13.4. The summed E-state index contributed by atoms with van der Waals surface area (Å²) in [6.07, 6.45) is 6.36. The lowest BCUT2D eigenvalue weighted by molar-refractivity contribution is 0.667. The van der Waals surface area contributed by atoms with Crippen LogP contribution >= 0.6 is 0 Å². The molecule has 20 heavy (non-hydrogen) atoms. The number of aryl methyl sites for hydroxylation is 2. The Labute approximate surface area is 117 Å². The van der Waals surface area contributed by atoms with Crippen LogP contribution in [-0.2, 0) is 6.54 Å². The lowest BCUT2D eigenvalue weighted by Crippen LogP contribution is -2.07. The molecule has 0 spiro atoms. The van der Waals surface area contributed by atoms with Crippen LogP contribution in [0.25, 0.3) is 22.6 Å². The van der Waals surface area contributed by atoms with Gasteiger partial charge >= 0.3 is 0 Å². The van der Waals surface area contributed by atoms with Crippen LogP contribution in [0.2, 0.25) is 0 Å². The molecular formula is C15H17N5. The lowest BCUT2D eigenvalue weighted by atomic mass is 10.2. The number of aromatic nitrogens is 4. The fraction of sp³-hybridized carbons (Fsp3) is 0.267. The minimum absolute atomic E-state index is 0.651. The zero-order chi connectivity index (χ0) is 13.9. The van der Waals surface area contributed by atoms with Crippen LogP contribution < -0.4 is 5.73 Å². The molecule has 102 valence electrons. The van der Waals surface area contributed by atoms with Crippen molar-refractivity contribution in [3.63, 3.8) is 0 Å². The fourth-order valence-electron chi connectivity index (χ4n) is 2.29. The molecule has 0 fully saturated rings. The molecule has 0 radical (unpaired) electrons. The van der Waals surface area contributed by atoms with Crippen molar-refractivity contribution in [1.29, 1.82) is 0 Å². The Morgan fingerprint density at radius 3 is 2.95 bits per heavy atom. The van der Waals surface area contributed by atoms with Gasteiger partial charge in [-0.2, -0.15) is 0 Å². The average Bonchev–Trinajstić information content (AvgIpc) is 2.83. The van der Waals surface area contributed by atoms with E-state index in [1.165, 1.54) is 0 Å². The summed E-state index contributed by atoms with van der Waals surface area (Å²) in [6.45, 7) is 3.49. The number of nitrogens with two attached hydrogens (primary N) is 1. The second-order valence-electron chi connectivity index (χ2n) is 4.83.